The largest absolute Gasteiger partial charge is 0.382 e. The molecule has 0 fully saturated rings. The van der Waals surface area contributed by atoms with Crippen LogP contribution in [0.3, 0.4) is 0 Å². The lowest BCUT2D eigenvalue weighted by atomic mass is 9.91. The van der Waals surface area contributed by atoms with Crippen LogP contribution in [-0.4, -0.2) is 15.6 Å². The number of nitrogens with zero attached hydrogens (tertiary/aromatic N) is 2. The van der Waals surface area contributed by atoms with Crippen molar-refractivity contribution < 1.29 is 18.3 Å². The first kappa shape index (κ1) is 13.7. The highest BCUT2D eigenvalue weighted by atomic mass is 19.3. The topological polar surface area (TPSA) is 49.0 Å². The van der Waals surface area contributed by atoms with Crippen LogP contribution >= 0.6 is 0 Å². The number of alkyl halides is 2. The zero-order chi connectivity index (χ0) is 15.2. The lowest BCUT2D eigenvalue weighted by Gasteiger charge is -2.28. The van der Waals surface area contributed by atoms with E-state index in [1.165, 1.54) is 18.2 Å². The summed E-state index contributed by atoms with van der Waals surface area (Å²) in [7, 11) is 0. The number of aliphatic hydroxyl groups is 1. The molecule has 0 spiro atoms. The maximum absolute atomic E-state index is 13.5. The summed E-state index contributed by atoms with van der Waals surface area (Å²) in [6, 6.07) is 7.16. The molecule has 0 saturated heterocycles. The first-order valence-corrected chi connectivity index (χ1v) is 6.40. The van der Waals surface area contributed by atoms with Crippen LogP contribution in [0.1, 0.15) is 29.3 Å². The first-order valence-electron chi connectivity index (χ1n) is 6.40. The van der Waals surface area contributed by atoms with Crippen LogP contribution in [0.15, 0.2) is 30.5 Å². The van der Waals surface area contributed by atoms with Gasteiger partial charge in [-0.2, -0.15) is 5.26 Å². The fourth-order valence-electron chi connectivity index (χ4n) is 2.63. The van der Waals surface area contributed by atoms with Crippen molar-refractivity contribution in [1.29, 1.82) is 5.26 Å². The quantitative estimate of drug-likeness (QED) is 0.878. The average molecular weight is 292 g/mol. The summed E-state index contributed by atoms with van der Waals surface area (Å²) < 4.78 is 42.0. The van der Waals surface area contributed by atoms with Gasteiger partial charge >= 0.3 is 0 Å². The van der Waals surface area contributed by atoms with Crippen LogP contribution in [0.4, 0.5) is 13.2 Å². The van der Waals surface area contributed by atoms with Crippen LogP contribution in [0.25, 0.3) is 5.69 Å². The van der Waals surface area contributed by atoms with Crippen molar-refractivity contribution in [2.75, 3.05) is 0 Å². The van der Waals surface area contributed by atoms with E-state index in [9.17, 15) is 18.3 Å². The number of fused-ring (bicyclic) bond motifs is 1. The van der Waals surface area contributed by atoms with Gasteiger partial charge in [0.25, 0.3) is 5.92 Å². The van der Waals surface area contributed by atoms with Crippen LogP contribution in [0.2, 0.25) is 0 Å². The van der Waals surface area contributed by atoms with Crippen molar-refractivity contribution in [3.8, 4) is 11.8 Å². The van der Waals surface area contributed by atoms with E-state index in [1.54, 1.807) is 16.8 Å². The van der Waals surface area contributed by atoms with Crippen molar-refractivity contribution in [3.05, 3.63) is 53.1 Å². The molecule has 1 atom stereocenters. The molecule has 1 aromatic heterocycles. The Hall–Kier alpha value is -2.26. The highest BCUT2D eigenvalue weighted by molar-refractivity contribution is 5.46. The third kappa shape index (κ3) is 2.10. The molecule has 1 aromatic carbocycles. The standard InChI is InChI=1S/C15H11F3N2O/c16-12-2-1-10(7-9(12)8-19)20-6-4-11-13(20)3-5-15(17,18)14(11)21/h1-2,4,6-7,14,21H,3,5H2/t14-/m0/s1. The van der Waals surface area contributed by atoms with Crippen LogP contribution < -0.4 is 0 Å². The molecular formula is C15H11F3N2O. The molecule has 0 radical (unpaired) electrons. The van der Waals surface area contributed by atoms with E-state index in [0.717, 1.165) is 6.07 Å². The molecule has 1 aliphatic rings. The van der Waals surface area contributed by atoms with Crippen LogP contribution in [0.5, 0.6) is 0 Å². The molecule has 1 aliphatic carbocycles. The molecule has 0 bridgehead atoms. The van der Waals surface area contributed by atoms with Gasteiger partial charge < -0.3 is 9.67 Å². The Labute approximate surface area is 118 Å². The lowest BCUT2D eigenvalue weighted by Crippen LogP contribution is -2.31. The van der Waals surface area contributed by atoms with E-state index in [1.807, 2.05) is 0 Å². The number of aliphatic hydroxyl groups excluding tert-OH is 1. The Balaban J connectivity index is 2.09. The van der Waals surface area contributed by atoms with Gasteiger partial charge in [0, 0.05) is 29.6 Å². The summed E-state index contributed by atoms with van der Waals surface area (Å²) in [6.07, 6.45) is -0.634. The van der Waals surface area contributed by atoms with Crippen molar-refractivity contribution in [1.82, 2.24) is 4.57 Å². The zero-order valence-electron chi connectivity index (χ0n) is 10.9. The van der Waals surface area contributed by atoms with Gasteiger partial charge in [-0.1, -0.05) is 0 Å². The maximum Gasteiger partial charge on any atom is 0.278 e. The van der Waals surface area contributed by atoms with Gasteiger partial charge in [0.2, 0.25) is 0 Å². The summed E-state index contributed by atoms with van der Waals surface area (Å²) in [5.41, 5.74) is 1.13. The molecule has 0 saturated carbocycles. The summed E-state index contributed by atoms with van der Waals surface area (Å²) in [6.45, 7) is 0. The molecule has 108 valence electrons. The minimum absolute atomic E-state index is 0.103. The normalized spacial score (nSPS) is 19.9. The molecule has 0 aliphatic heterocycles. The molecule has 1 N–H and O–H groups in total. The summed E-state index contributed by atoms with van der Waals surface area (Å²) in [5.74, 6) is -3.77. The number of aromatic nitrogens is 1. The Bertz CT molecular complexity index is 746. The van der Waals surface area contributed by atoms with E-state index in [0.29, 0.717) is 11.4 Å². The average Bonchev–Trinajstić information content (AvgIpc) is 2.88. The fraction of sp³-hybridized carbons (Fsp3) is 0.267. The minimum atomic E-state index is -3.14. The number of benzene rings is 1. The predicted octanol–water partition coefficient (Wildman–Crippen LogP) is 3.10. The Kier molecular flexibility index (Phi) is 3.03. The highest BCUT2D eigenvalue weighted by Crippen LogP contribution is 2.42. The summed E-state index contributed by atoms with van der Waals surface area (Å²) in [5, 5.41) is 18.6. The summed E-state index contributed by atoms with van der Waals surface area (Å²) in [4.78, 5) is 0. The van der Waals surface area contributed by atoms with Gasteiger partial charge in [0.15, 0.2) is 0 Å². The summed E-state index contributed by atoms with van der Waals surface area (Å²) >= 11 is 0. The SMILES string of the molecule is N#Cc1cc(-n2ccc3c2CCC(F)(F)[C@H]3O)ccc1F. The number of nitriles is 1. The molecule has 0 unspecified atom stereocenters. The monoisotopic (exact) mass is 292 g/mol. The lowest BCUT2D eigenvalue weighted by molar-refractivity contribution is -0.121. The number of hydrogen-bond acceptors (Lipinski definition) is 2. The second-order valence-corrected chi connectivity index (χ2v) is 5.03. The molecule has 3 rings (SSSR count). The fourth-order valence-corrected chi connectivity index (χ4v) is 2.63. The zero-order valence-corrected chi connectivity index (χ0v) is 10.9. The third-order valence-corrected chi connectivity index (χ3v) is 3.77. The van der Waals surface area contributed by atoms with Gasteiger partial charge in [-0.25, -0.2) is 13.2 Å². The van der Waals surface area contributed by atoms with Gasteiger partial charge in [-0.05, 0) is 30.7 Å². The van der Waals surface area contributed by atoms with Crippen molar-refractivity contribution in [3.63, 3.8) is 0 Å². The maximum atomic E-state index is 13.5. The van der Waals surface area contributed by atoms with E-state index < -0.39 is 24.3 Å². The molecule has 0 amide bonds. The van der Waals surface area contributed by atoms with E-state index >= 15 is 0 Å². The number of halogens is 3. The molecule has 21 heavy (non-hydrogen) atoms. The Morgan fingerprint density at radius 2 is 2.10 bits per heavy atom. The number of hydrogen-bond donors (Lipinski definition) is 1. The predicted molar refractivity (Wildman–Crippen MR) is 68.7 cm³/mol. The van der Waals surface area contributed by atoms with E-state index in [-0.39, 0.29) is 17.5 Å². The first-order chi connectivity index (χ1) is 9.94. The smallest absolute Gasteiger partial charge is 0.278 e. The van der Waals surface area contributed by atoms with Crippen LogP contribution in [-0.2, 0) is 6.42 Å². The molecular weight excluding hydrogens is 281 g/mol. The molecule has 1 heterocycles. The Morgan fingerprint density at radius 3 is 2.81 bits per heavy atom. The van der Waals surface area contributed by atoms with E-state index in [2.05, 4.69) is 0 Å². The Morgan fingerprint density at radius 1 is 1.33 bits per heavy atom. The third-order valence-electron chi connectivity index (χ3n) is 3.77. The van der Waals surface area contributed by atoms with Crippen molar-refractivity contribution in [2.24, 2.45) is 0 Å². The minimum Gasteiger partial charge on any atom is -0.382 e. The van der Waals surface area contributed by atoms with Gasteiger partial charge in [-0.3, -0.25) is 0 Å². The van der Waals surface area contributed by atoms with Crippen molar-refractivity contribution >= 4 is 0 Å². The second-order valence-electron chi connectivity index (χ2n) is 5.03. The molecule has 6 heteroatoms. The number of rotatable bonds is 1. The highest BCUT2D eigenvalue weighted by Gasteiger charge is 2.44. The van der Waals surface area contributed by atoms with Gasteiger partial charge in [-0.15, -0.1) is 0 Å². The van der Waals surface area contributed by atoms with Gasteiger partial charge in [0.1, 0.15) is 18.0 Å². The van der Waals surface area contributed by atoms with Gasteiger partial charge in [0.05, 0.1) is 5.56 Å². The second kappa shape index (κ2) is 4.64. The van der Waals surface area contributed by atoms with Crippen LogP contribution in [0, 0.1) is 17.1 Å². The molecule has 2 aromatic rings. The van der Waals surface area contributed by atoms with E-state index in [4.69, 9.17) is 5.26 Å². The molecule has 3 nitrogen and oxygen atoms in total. The van der Waals surface area contributed by atoms with Crippen molar-refractivity contribution in [2.45, 2.75) is 24.9 Å².